The fourth-order valence-corrected chi connectivity index (χ4v) is 4.33. The summed E-state index contributed by atoms with van der Waals surface area (Å²) in [4.78, 5) is 16.6. The van der Waals surface area contributed by atoms with Crippen molar-refractivity contribution in [3.8, 4) is 17.1 Å². The minimum absolute atomic E-state index is 0.0723. The maximum Gasteiger partial charge on any atom is 0.230 e. The first kappa shape index (κ1) is 23.3. The van der Waals surface area contributed by atoms with E-state index in [1.165, 1.54) is 17.3 Å². The minimum Gasteiger partial charge on any atom is -0.355 e. The van der Waals surface area contributed by atoms with Crippen LogP contribution in [0.2, 0.25) is 10.0 Å². The number of carbonyl (C=O) groups is 1. The summed E-state index contributed by atoms with van der Waals surface area (Å²) in [5.41, 5.74) is 2.78. The first-order valence-corrected chi connectivity index (χ1v) is 12.0. The fraction of sp³-hybridized carbons (Fsp3) is 0.167. The summed E-state index contributed by atoms with van der Waals surface area (Å²) >= 11 is 13.7. The zero-order chi connectivity index (χ0) is 23.2. The number of nitrogens with one attached hydrogen (secondary N) is 1. The predicted molar refractivity (Wildman–Crippen MR) is 133 cm³/mol. The highest BCUT2D eigenvalue weighted by Crippen LogP contribution is 2.31. The van der Waals surface area contributed by atoms with Crippen LogP contribution >= 0.6 is 35.0 Å². The molecule has 0 unspecified atom stereocenters. The number of aromatic nitrogens is 4. The summed E-state index contributed by atoms with van der Waals surface area (Å²) in [5, 5.41) is 13.2. The molecule has 0 radical (unpaired) electrons. The Bertz CT molecular complexity index is 1230. The van der Waals surface area contributed by atoms with Gasteiger partial charge in [-0.3, -0.25) is 14.3 Å². The summed E-state index contributed by atoms with van der Waals surface area (Å²) in [7, 11) is 0. The van der Waals surface area contributed by atoms with Gasteiger partial charge in [-0.2, -0.15) is 0 Å². The molecule has 4 aromatic rings. The van der Waals surface area contributed by atoms with Crippen LogP contribution in [0.15, 0.2) is 78.2 Å². The van der Waals surface area contributed by atoms with E-state index in [0.29, 0.717) is 27.6 Å². The third-order valence-electron chi connectivity index (χ3n) is 5.04. The molecule has 2 heterocycles. The zero-order valence-electron chi connectivity index (χ0n) is 17.8. The van der Waals surface area contributed by atoms with E-state index >= 15 is 0 Å². The van der Waals surface area contributed by atoms with Crippen LogP contribution in [0.3, 0.4) is 0 Å². The largest absolute Gasteiger partial charge is 0.355 e. The van der Waals surface area contributed by atoms with E-state index in [4.69, 9.17) is 23.2 Å². The quantitative estimate of drug-likeness (QED) is 0.318. The standard InChI is InChI=1S/C24H21Cl2N5OS/c1-16(17-5-3-2-4-6-17)14-28-22(32)15-33-24-30-29-23(18-9-11-27-12-10-18)31(24)19-7-8-20(25)21(26)13-19/h2-13,16H,14-15H2,1H3,(H,28,32)/t16-/m0/s1. The van der Waals surface area contributed by atoms with Crippen LogP contribution in [-0.4, -0.2) is 38.0 Å². The molecule has 0 saturated heterocycles. The molecule has 168 valence electrons. The summed E-state index contributed by atoms with van der Waals surface area (Å²) in [6, 6.07) is 19.1. The van der Waals surface area contributed by atoms with Crippen molar-refractivity contribution in [1.29, 1.82) is 0 Å². The molecule has 0 spiro atoms. The SMILES string of the molecule is C[C@@H](CNC(=O)CSc1nnc(-c2ccncc2)n1-c1ccc(Cl)c(Cl)c1)c1ccccc1. The Morgan fingerprint density at radius 3 is 2.52 bits per heavy atom. The maximum atomic E-state index is 12.5. The number of carbonyl (C=O) groups excluding carboxylic acids is 1. The number of rotatable bonds is 8. The number of nitrogens with zero attached hydrogens (tertiary/aromatic N) is 4. The smallest absolute Gasteiger partial charge is 0.230 e. The van der Waals surface area contributed by atoms with E-state index in [0.717, 1.165) is 11.3 Å². The number of benzene rings is 2. The molecule has 2 aromatic carbocycles. The lowest BCUT2D eigenvalue weighted by Gasteiger charge is -2.13. The maximum absolute atomic E-state index is 12.5. The summed E-state index contributed by atoms with van der Waals surface area (Å²) in [6.07, 6.45) is 3.38. The molecular formula is C24H21Cl2N5OS. The number of halogens is 2. The molecule has 0 bridgehead atoms. The minimum atomic E-state index is -0.0723. The van der Waals surface area contributed by atoms with Crippen molar-refractivity contribution >= 4 is 40.9 Å². The van der Waals surface area contributed by atoms with Crippen molar-refractivity contribution in [2.45, 2.75) is 18.0 Å². The molecule has 1 atom stereocenters. The number of hydrogen-bond donors (Lipinski definition) is 1. The topological polar surface area (TPSA) is 72.7 Å². The van der Waals surface area contributed by atoms with Gasteiger partial charge in [0.25, 0.3) is 0 Å². The molecule has 0 aliphatic heterocycles. The van der Waals surface area contributed by atoms with Crippen LogP contribution < -0.4 is 5.32 Å². The van der Waals surface area contributed by atoms with Gasteiger partial charge in [-0.1, -0.05) is 72.2 Å². The number of hydrogen-bond acceptors (Lipinski definition) is 5. The zero-order valence-corrected chi connectivity index (χ0v) is 20.1. The van der Waals surface area contributed by atoms with Crippen LogP contribution in [0.25, 0.3) is 17.1 Å². The third-order valence-corrected chi connectivity index (χ3v) is 6.71. The highest BCUT2D eigenvalue weighted by Gasteiger charge is 2.18. The van der Waals surface area contributed by atoms with E-state index in [9.17, 15) is 4.79 Å². The van der Waals surface area contributed by atoms with E-state index in [-0.39, 0.29) is 17.6 Å². The van der Waals surface area contributed by atoms with Crippen LogP contribution in [0.5, 0.6) is 0 Å². The van der Waals surface area contributed by atoms with Gasteiger partial charge in [-0.25, -0.2) is 0 Å². The number of pyridine rings is 1. The average Bonchev–Trinajstić information content (AvgIpc) is 3.28. The molecule has 9 heteroatoms. The highest BCUT2D eigenvalue weighted by molar-refractivity contribution is 7.99. The summed E-state index contributed by atoms with van der Waals surface area (Å²) < 4.78 is 1.86. The van der Waals surface area contributed by atoms with E-state index < -0.39 is 0 Å². The van der Waals surface area contributed by atoms with Crippen LogP contribution in [0.1, 0.15) is 18.4 Å². The van der Waals surface area contributed by atoms with Crippen LogP contribution in [-0.2, 0) is 4.79 Å². The molecule has 2 aromatic heterocycles. The Kier molecular flexibility index (Phi) is 7.65. The normalized spacial score (nSPS) is 11.8. The predicted octanol–water partition coefficient (Wildman–Crippen LogP) is 5.65. The Hall–Kier alpha value is -2.87. The Morgan fingerprint density at radius 2 is 1.79 bits per heavy atom. The van der Waals surface area contributed by atoms with Gasteiger partial charge in [0.15, 0.2) is 11.0 Å². The van der Waals surface area contributed by atoms with Gasteiger partial charge in [0.1, 0.15) is 0 Å². The van der Waals surface area contributed by atoms with Crippen molar-refractivity contribution in [2.75, 3.05) is 12.3 Å². The van der Waals surface area contributed by atoms with Crippen molar-refractivity contribution in [2.24, 2.45) is 0 Å². The molecular weight excluding hydrogens is 477 g/mol. The highest BCUT2D eigenvalue weighted by atomic mass is 35.5. The first-order chi connectivity index (χ1) is 16.0. The first-order valence-electron chi connectivity index (χ1n) is 10.3. The van der Waals surface area contributed by atoms with Gasteiger partial charge in [0.05, 0.1) is 21.5 Å². The molecule has 0 saturated carbocycles. The van der Waals surface area contributed by atoms with Gasteiger partial charge in [0.2, 0.25) is 5.91 Å². The average molecular weight is 498 g/mol. The van der Waals surface area contributed by atoms with E-state index in [2.05, 4.69) is 39.6 Å². The van der Waals surface area contributed by atoms with E-state index in [1.54, 1.807) is 24.5 Å². The summed E-state index contributed by atoms with van der Waals surface area (Å²) in [6.45, 7) is 2.65. The van der Waals surface area contributed by atoms with Crippen LogP contribution in [0.4, 0.5) is 0 Å². The lowest BCUT2D eigenvalue weighted by atomic mass is 10.0. The molecule has 6 nitrogen and oxygen atoms in total. The van der Waals surface area contributed by atoms with Crippen molar-refractivity contribution in [3.63, 3.8) is 0 Å². The van der Waals surface area contributed by atoms with Crippen LogP contribution in [0, 0.1) is 0 Å². The van der Waals surface area contributed by atoms with Gasteiger partial charge < -0.3 is 5.32 Å². The third kappa shape index (κ3) is 5.74. The lowest BCUT2D eigenvalue weighted by molar-refractivity contribution is -0.118. The molecule has 1 amide bonds. The summed E-state index contributed by atoms with van der Waals surface area (Å²) in [5.74, 6) is 0.976. The Labute approximate surface area is 206 Å². The molecule has 1 N–H and O–H groups in total. The molecule has 4 rings (SSSR count). The second-order valence-electron chi connectivity index (χ2n) is 7.38. The number of thioether (sulfide) groups is 1. The lowest BCUT2D eigenvalue weighted by Crippen LogP contribution is -2.29. The second kappa shape index (κ2) is 10.8. The molecule has 33 heavy (non-hydrogen) atoms. The van der Waals surface area contributed by atoms with Gasteiger partial charge in [-0.05, 0) is 41.8 Å². The molecule has 0 aliphatic carbocycles. The second-order valence-corrected chi connectivity index (χ2v) is 9.14. The fourth-order valence-electron chi connectivity index (χ4n) is 3.26. The Morgan fingerprint density at radius 1 is 1.03 bits per heavy atom. The molecule has 0 aliphatic rings. The van der Waals surface area contributed by atoms with Gasteiger partial charge in [-0.15, -0.1) is 10.2 Å². The van der Waals surface area contributed by atoms with E-state index in [1.807, 2.05) is 41.0 Å². The number of amides is 1. The Balaban J connectivity index is 1.51. The van der Waals surface area contributed by atoms with Crippen molar-refractivity contribution in [3.05, 3.63) is 88.7 Å². The van der Waals surface area contributed by atoms with Crippen molar-refractivity contribution in [1.82, 2.24) is 25.1 Å². The monoisotopic (exact) mass is 497 g/mol. The van der Waals surface area contributed by atoms with Crippen molar-refractivity contribution < 1.29 is 4.79 Å². The molecule has 0 fully saturated rings. The van der Waals surface area contributed by atoms with Gasteiger partial charge >= 0.3 is 0 Å². The van der Waals surface area contributed by atoms with Gasteiger partial charge in [0, 0.05) is 24.5 Å².